The smallest absolute Gasteiger partial charge is 0.409 e. The highest BCUT2D eigenvalue weighted by molar-refractivity contribution is 5.66. The average molecular weight is 478 g/mol. The molecule has 0 radical (unpaired) electrons. The van der Waals surface area contributed by atoms with E-state index < -0.39 is 0 Å². The number of ether oxygens (including phenoxy) is 1. The summed E-state index contributed by atoms with van der Waals surface area (Å²) in [6.45, 7) is 10.2. The van der Waals surface area contributed by atoms with Crippen molar-refractivity contribution in [3.05, 3.63) is 0 Å². The molecule has 0 bridgehead atoms. The predicted molar refractivity (Wildman–Crippen MR) is 135 cm³/mol. The van der Waals surface area contributed by atoms with Crippen LogP contribution in [0.1, 0.15) is 91.9 Å². The molecule has 34 heavy (non-hydrogen) atoms. The van der Waals surface area contributed by atoms with Crippen LogP contribution in [0, 0.1) is 52.3 Å². The molecule has 2 N–H and O–H groups in total. The topological polar surface area (TPSA) is 70.0 Å². The van der Waals surface area contributed by atoms with Crippen molar-refractivity contribution in [1.29, 1.82) is 0 Å². The van der Waals surface area contributed by atoms with E-state index in [0.717, 1.165) is 38.5 Å². The van der Waals surface area contributed by atoms with Crippen LogP contribution in [-0.2, 0) is 4.74 Å². The van der Waals surface area contributed by atoms with E-state index in [9.17, 15) is 15.0 Å². The Bertz CT molecular complexity index is 727. The number of nitrogens with zero attached hydrogens (tertiary/aromatic N) is 1. The minimum absolute atomic E-state index is 0.182. The van der Waals surface area contributed by atoms with Crippen LogP contribution < -0.4 is 0 Å². The van der Waals surface area contributed by atoms with Crippen LogP contribution in [0.25, 0.3) is 0 Å². The van der Waals surface area contributed by atoms with E-state index in [1.807, 2.05) is 0 Å². The lowest BCUT2D eigenvalue weighted by molar-refractivity contribution is -0.203. The second-order valence-corrected chi connectivity index (χ2v) is 13.3. The fourth-order valence-corrected chi connectivity index (χ4v) is 9.83. The van der Waals surface area contributed by atoms with Crippen LogP contribution in [0.5, 0.6) is 0 Å². The van der Waals surface area contributed by atoms with Crippen LogP contribution in [0.4, 0.5) is 4.79 Å². The van der Waals surface area contributed by atoms with E-state index in [1.165, 1.54) is 30.6 Å². The normalized spacial score (nSPS) is 46.7. The Balaban J connectivity index is 1.47. The number of carbonyl (C=O) groups is 1. The highest BCUT2D eigenvalue weighted by Crippen LogP contribution is 2.69. The Labute approximate surface area is 208 Å². The number of aliphatic hydroxyl groups is 2. The first-order chi connectivity index (χ1) is 16.0. The molecule has 4 aliphatic carbocycles. The summed E-state index contributed by atoms with van der Waals surface area (Å²) in [4.78, 5) is 13.2. The van der Waals surface area contributed by atoms with Crippen molar-refractivity contribution in [3.63, 3.8) is 0 Å². The molecule has 0 aromatic heterocycles. The van der Waals surface area contributed by atoms with Gasteiger partial charge in [0, 0.05) is 14.1 Å². The number of hydrogen-bond acceptors (Lipinski definition) is 4. The summed E-state index contributed by atoms with van der Waals surface area (Å²) >= 11 is 0. The van der Waals surface area contributed by atoms with Gasteiger partial charge in [-0.25, -0.2) is 4.79 Å². The molecule has 4 saturated carbocycles. The number of rotatable bonds is 6. The summed E-state index contributed by atoms with van der Waals surface area (Å²) in [7, 11) is 3.45. The minimum atomic E-state index is -0.252. The number of amides is 1. The average Bonchev–Trinajstić information content (AvgIpc) is 3.15. The first kappa shape index (κ1) is 26.3. The van der Waals surface area contributed by atoms with Crippen molar-refractivity contribution in [2.45, 2.75) is 104 Å². The molecule has 2 unspecified atom stereocenters. The Kier molecular flexibility index (Phi) is 7.66. The van der Waals surface area contributed by atoms with E-state index in [0.29, 0.717) is 53.4 Å². The van der Waals surface area contributed by atoms with Crippen molar-refractivity contribution >= 4 is 6.09 Å². The van der Waals surface area contributed by atoms with Crippen molar-refractivity contribution in [1.82, 2.24) is 4.90 Å². The lowest BCUT2D eigenvalue weighted by atomic mass is 9.41. The molecule has 196 valence electrons. The van der Waals surface area contributed by atoms with Crippen molar-refractivity contribution in [2.75, 3.05) is 20.7 Å². The zero-order valence-corrected chi connectivity index (χ0v) is 22.6. The highest BCUT2D eigenvalue weighted by Gasteiger charge is 2.64. The molecule has 4 aliphatic rings. The van der Waals surface area contributed by atoms with Crippen molar-refractivity contribution in [2.24, 2.45) is 52.3 Å². The molecule has 5 nitrogen and oxygen atoms in total. The maximum absolute atomic E-state index is 11.8. The lowest BCUT2D eigenvalue weighted by Crippen LogP contribution is -2.62. The van der Waals surface area contributed by atoms with Gasteiger partial charge < -0.3 is 19.8 Å². The van der Waals surface area contributed by atoms with Crippen molar-refractivity contribution in [3.8, 4) is 0 Å². The van der Waals surface area contributed by atoms with Gasteiger partial charge in [-0.3, -0.25) is 0 Å². The van der Waals surface area contributed by atoms with Gasteiger partial charge in [0.15, 0.2) is 0 Å². The van der Waals surface area contributed by atoms with Gasteiger partial charge in [0.2, 0.25) is 0 Å². The van der Waals surface area contributed by atoms with E-state index in [1.54, 1.807) is 14.1 Å². The molecule has 0 aromatic carbocycles. The molecule has 0 spiro atoms. The van der Waals surface area contributed by atoms with Crippen molar-refractivity contribution < 1.29 is 19.7 Å². The second kappa shape index (κ2) is 9.92. The van der Waals surface area contributed by atoms with Gasteiger partial charge >= 0.3 is 6.09 Å². The van der Waals surface area contributed by atoms with Gasteiger partial charge in [-0.15, -0.1) is 0 Å². The number of carbonyl (C=O) groups excluding carboxylic acids is 1. The molecule has 1 amide bonds. The maximum atomic E-state index is 11.8. The molecule has 11 atom stereocenters. The van der Waals surface area contributed by atoms with Crippen LogP contribution in [0.2, 0.25) is 0 Å². The quantitative estimate of drug-likeness (QED) is 0.480. The molecular formula is C29H51NO4. The van der Waals surface area contributed by atoms with Crippen LogP contribution >= 0.6 is 0 Å². The summed E-state index contributed by atoms with van der Waals surface area (Å²) in [5.74, 6) is 3.71. The Morgan fingerprint density at radius 1 is 1.03 bits per heavy atom. The van der Waals surface area contributed by atoms with Crippen LogP contribution in [0.3, 0.4) is 0 Å². The third kappa shape index (κ3) is 4.31. The summed E-state index contributed by atoms with van der Waals surface area (Å²) in [6, 6.07) is 0. The van der Waals surface area contributed by atoms with Gasteiger partial charge in [0.05, 0.1) is 18.8 Å². The SMILES string of the molecule is CC[C@H]1[C@@H](O)C2[C@H](CC[C@]3(C)C([C@H](C)CCCOC(=O)N(C)C)CC[C@@H]23)[C@@]2(C)CC[C@@H](O)C[C@@H]12. The lowest BCUT2D eigenvalue weighted by Gasteiger charge is -2.64. The molecule has 0 aliphatic heterocycles. The first-order valence-corrected chi connectivity index (χ1v) is 14.2. The Morgan fingerprint density at radius 3 is 2.38 bits per heavy atom. The molecular weight excluding hydrogens is 426 g/mol. The van der Waals surface area contributed by atoms with E-state index in [-0.39, 0.29) is 23.7 Å². The number of hydrogen-bond donors (Lipinski definition) is 2. The number of fused-ring (bicyclic) bond motifs is 5. The van der Waals surface area contributed by atoms with Gasteiger partial charge in [-0.05, 0) is 110 Å². The minimum Gasteiger partial charge on any atom is -0.449 e. The van der Waals surface area contributed by atoms with E-state index in [2.05, 4.69) is 27.7 Å². The standard InChI is InChI=1S/C29H51NO4/c1-7-20-24-17-19(31)12-14-29(24,4)23-13-15-28(3)21(10-11-22(28)25(23)26(20)32)18(2)9-8-16-34-27(33)30(5)6/h18-26,31-32H,7-17H2,1-6H3/t18-,19-,20-,21?,22+,23+,24+,25?,26-,28-,29-/m1/s1. The van der Waals surface area contributed by atoms with Crippen LogP contribution in [-0.4, -0.2) is 54.1 Å². The molecule has 4 rings (SSSR count). The fourth-order valence-electron chi connectivity index (χ4n) is 9.83. The molecule has 5 heteroatoms. The van der Waals surface area contributed by atoms with Crippen LogP contribution in [0.15, 0.2) is 0 Å². The zero-order chi connectivity index (χ0) is 24.8. The maximum Gasteiger partial charge on any atom is 0.409 e. The highest BCUT2D eigenvalue weighted by atomic mass is 16.6. The van der Waals surface area contributed by atoms with Gasteiger partial charge in [-0.2, -0.15) is 0 Å². The summed E-state index contributed by atoms with van der Waals surface area (Å²) in [5, 5.41) is 22.3. The molecule has 0 heterocycles. The summed E-state index contributed by atoms with van der Waals surface area (Å²) < 4.78 is 5.36. The third-order valence-corrected chi connectivity index (χ3v) is 11.5. The van der Waals surface area contributed by atoms with Gasteiger partial charge in [-0.1, -0.05) is 34.1 Å². The monoisotopic (exact) mass is 477 g/mol. The molecule has 4 fully saturated rings. The summed E-state index contributed by atoms with van der Waals surface area (Å²) in [5.41, 5.74) is 0.572. The van der Waals surface area contributed by atoms with Gasteiger partial charge in [0.1, 0.15) is 0 Å². The third-order valence-electron chi connectivity index (χ3n) is 11.5. The Morgan fingerprint density at radius 2 is 1.71 bits per heavy atom. The summed E-state index contributed by atoms with van der Waals surface area (Å²) in [6.07, 6.45) is 10.4. The second-order valence-electron chi connectivity index (χ2n) is 13.3. The largest absolute Gasteiger partial charge is 0.449 e. The Hall–Kier alpha value is -0.810. The van der Waals surface area contributed by atoms with E-state index >= 15 is 0 Å². The van der Waals surface area contributed by atoms with E-state index in [4.69, 9.17) is 4.74 Å². The first-order valence-electron chi connectivity index (χ1n) is 14.2. The fraction of sp³-hybridized carbons (Fsp3) is 0.966. The predicted octanol–water partition coefficient (Wildman–Crippen LogP) is 5.73. The molecule has 0 aromatic rings. The number of aliphatic hydroxyl groups excluding tert-OH is 2. The zero-order valence-electron chi connectivity index (χ0n) is 22.6. The molecule has 0 saturated heterocycles. The van der Waals surface area contributed by atoms with Gasteiger partial charge in [0.25, 0.3) is 0 Å².